The van der Waals surface area contributed by atoms with Crippen LogP contribution in [0.2, 0.25) is 0 Å². The topological polar surface area (TPSA) is 47.6 Å². The minimum atomic E-state index is -0.165. The van der Waals surface area contributed by atoms with Crippen molar-refractivity contribution in [1.82, 2.24) is 0 Å². The van der Waals surface area contributed by atoms with E-state index in [9.17, 15) is 4.79 Å². The predicted octanol–water partition coefficient (Wildman–Crippen LogP) is 4.06. The standard InChI is InChI=1S/C20H23NO3/c1-2-15-9-11-16(12-10-15)21-20(22)18-7-3-4-8-19(18)24-14-17-6-5-13-23-17/h3-4,7-12,17H,2,5-6,13-14H2,1H3,(H,21,22). The fraction of sp³-hybridized carbons (Fsp3) is 0.350. The van der Waals surface area contributed by atoms with Crippen molar-refractivity contribution in [3.8, 4) is 5.75 Å². The summed E-state index contributed by atoms with van der Waals surface area (Å²) in [4.78, 5) is 12.6. The fourth-order valence-electron chi connectivity index (χ4n) is 2.76. The van der Waals surface area contributed by atoms with Gasteiger partial charge in [0.1, 0.15) is 12.4 Å². The molecule has 1 saturated heterocycles. The highest BCUT2D eigenvalue weighted by atomic mass is 16.5. The Balaban J connectivity index is 1.66. The summed E-state index contributed by atoms with van der Waals surface area (Å²) >= 11 is 0. The maximum atomic E-state index is 12.6. The van der Waals surface area contributed by atoms with E-state index in [2.05, 4.69) is 12.2 Å². The highest BCUT2D eigenvalue weighted by molar-refractivity contribution is 6.06. The average Bonchev–Trinajstić information content (AvgIpc) is 3.14. The molecule has 1 N–H and O–H groups in total. The molecule has 126 valence electrons. The van der Waals surface area contributed by atoms with Crippen LogP contribution in [-0.4, -0.2) is 25.2 Å². The zero-order valence-corrected chi connectivity index (χ0v) is 14.0. The van der Waals surface area contributed by atoms with Gasteiger partial charge in [0.05, 0.1) is 11.7 Å². The van der Waals surface area contributed by atoms with Crippen LogP contribution in [0.5, 0.6) is 5.75 Å². The molecule has 1 fully saturated rings. The summed E-state index contributed by atoms with van der Waals surface area (Å²) in [5.74, 6) is 0.429. The summed E-state index contributed by atoms with van der Waals surface area (Å²) in [7, 11) is 0. The number of hydrogen-bond acceptors (Lipinski definition) is 3. The summed E-state index contributed by atoms with van der Waals surface area (Å²) < 4.78 is 11.4. The fourth-order valence-corrected chi connectivity index (χ4v) is 2.76. The van der Waals surface area contributed by atoms with E-state index >= 15 is 0 Å². The first kappa shape index (κ1) is 16.5. The molecule has 1 amide bonds. The van der Waals surface area contributed by atoms with E-state index in [1.165, 1.54) is 5.56 Å². The molecule has 0 saturated carbocycles. The lowest BCUT2D eigenvalue weighted by Crippen LogP contribution is -2.19. The number of ether oxygens (including phenoxy) is 2. The number of benzene rings is 2. The Kier molecular flexibility index (Phi) is 5.49. The van der Waals surface area contributed by atoms with Gasteiger partial charge in [-0.2, -0.15) is 0 Å². The van der Waals surface area contributed by atoms with Gasteiger partial charge >= 0.3 is 0 Å². The highest BCUT2D eigenvalue weighted by Crippen LogP contribution is 2.22. The number of rotatable bonds is 6. The molecule has 1 aliphatic rings. The number of anilines is 1. The highest BCUT2D eigenvalue weighted by Gasteiger charge is 2.18. The molecule has 4 nitrogen and oxygen atoms in total. The Hall–Kier alpha value is -2.33. The van der Waals surface area contributed by atoms with Crippen molar-refractivity contribution in [2.24, 2.45) is 0 Å². The van der Waals surface area contributed by atoms with Crippen molar-refractivity contribution in [3.05, 3.63) is 59.7 Å². The second-order valence-electron chi connectivity index (χ2n) is 5.95. The van der Waals surface area contributed by atoms with Crippen molar-refractivity contribution in [3.63, 3.8) is 0 Å². The summed E-state index contributed by atoms with van der Waals surface area (Å²) in [5.41, 5.74) is 2.56. The van der Waals surface area contributed by atoms with Gasteiger partial charge in [0.25, 0.3) is 5.91 Å². The molecule has 2 aromatic carbocycles. The number of para-hydroxylation sites is 1. The Morgan fingerprint density at radius 1 is 1.21 bits per heavy atom. The number of carbonyl (C=O) groups is 1. The molecule has 0 aliphatic carbocycles. The van der Waals surface area contributed by atoms with E-state index < -0.39 is 0 Å². The Morgan fingerprint density at radius 2 is 2.00 bits per heavy atom. The lowest BCUT2D eigenvalue weighted by Gasteiger charge is -2.14. The third-order valence-corrected chi connectivity index (χ3v) is 4.20. The van der Waals surface area contributed by atoms with Crippen LogP contribution in [0.3, 0.4) is 0 Å². The minimum absolute atomic E-state index is 0.128. The summed E-state index contributed by atoms with van der Waals surface area (Å²) in [6.07, 6.45) is 3.19. The lowest BCUT2D eigenvalue weighted by molar-refractivity contribution is 0.0673. The first-order valence-electron chi connectivity index (χ1n) is 8.50. The first-order chi connectivity index (χ1) is 11.8. The molecule has 0 bridgehead atoms. The SMILES string of the molecule is CCc1ccc(NC(=O)c2ccccc2OCC2CCCO2)cc1. The van der Waals surface area contributed by atoms with Gasteiger partial charge in [0, 0.05) is 12.3 Å². The van der Waals surface area contributed by atoms with Gasteiger partial charge in [-0.1, -0.05) is 31.2 Å². The molecule has 1 aliphatic heterocycles. The van der Waals surface area contributed by atoms with Gasteiger partial charge in [-0.3, -0.25) is 4.79 Å². The zero-order valence-electron chi connectivity index (χ0n) is 14.0. The maximum absolute atomic E-state index is 12.6. The largest absolute Gasteiger partial charge is 0.490 e. The summed E-state index contributed by atoms with van der Waals surface area (Å²) in [6.45, 7) is 3.38. The molecular weight excluding hydrogens is 302 g/mol. The number of aryl methyl sites for hydroxylation is 1. The first-order valence-corrected chi connectivity index (χ1v) is 8.50. The van der Waals surface area contributed by atoms with Crippen molar-refractivity contribution in [2.75, 3.05) is 18.5 Å². The molecule has 0 spiro atoms. The average molecular weight is 325 g/mol. The van der Waals surface area contributed by atoms with E-state index in [1.807, 2.05) is 42.5 Å². The van der Waals surface area contributed by atoms with E-state index in [1.54, 1.807) is 6.07 Å². The van der Waals surface area contributed by atoms with Crippen LogP contribution in [0.1, 0.15) is 35.7 Å². The Labute approximate surface area is 142 Å². The molecule has 1 heterocycles. The monoisotopic (exact) mass is 325 g/mol. The second kappa shape index (κ2) is 7.97. The molecule has 1 unspecified atom stereocenters. The van der Waals surface area contributed by atoms with Gasteiger partial charge in [0.2, 0.25) is 0 Å². The number of carbonyl (C=O) groups excluding carboxylic acids is 1. The number of hydrogen-bond donors (Lipinski definition) is 1. The molecule has 2 aromatic rings. The number of nitrogens with one attached hydrogen (secondary N) is 1. The third kappa shape index (κ3) is 4.15. The van der Waals surface area contributed by atoms with E-state index in [-0.39, 0.29) is 12.0 Å². The summed E-state index contributed by atoms with van der Waals surface area (Å²) in [6, 6.07) is 15.2. The number of amides is 1. The van der Waals surface area contributed by atoms with Crippen LogP contribution in [0.4, 0.5) is 5.69 Å². The minimum Gasteiger partial charge on any atom is -0.490 e. The van der Waals surface area contributed by atoms with Crippen molar-refractivity contribution in [1.29, 1.82) is 0 Å². The van der Waals surface area contributed by atoms with E-state index in [0.29, 0.717) is 17.9 Å². The summed E-state index contributed by atoms with van der Waals surface area (Å²) in [5, 5.41) is 2.93. The lowest BCUT2D eigenvalue weighted by atomic mass is 10.1. The smallest absolute Gasteiger partial charge is 0.259 e. The maximum Gasteiger partial charge on any atom is 0.259 e. The molecule has 1 atom stereocenters. The third-order valence-electron chi connectivity index (χ3n) is 4.20. The van der Waals surface area contributed by atoms with Crippen LogP contribution in [-0.2, 0) is 11.2 Å². The van der Waals surface area contributed by atoms with Gasteiger partial charge in [-0.05, 0) is 49.1 Å². The molecule has 4 heteroatoms. The molecular formula is C20H23NO3. The zero-order chi connectivity index (χ0) is 16.8. The van der Waals surface area contributed by atoms with Crippen LogP contribution < -0.4 is 10.1 Å². The molecule has 0 radical (unpaired) electrons. The van der Waals surface area contributed by atoms with Crippen molar-refractivity contribution >= 4 is 11.6 Å². The predicted molar refractivity (Wildman–Crippen MR) is 94.7 cm³/mol. The van der Waals surface area contributed by atoms with Crippen LogP contribution in [0.25, 0.3) is 0 Å². The van der Waals surface area contributed by atoms with E-state index in [0.717, 1.165) is 31.6 Å². The van der Waals surface area contributed by atoms with Gasteiger partial charge in [0.15, 0.2) is 0 Å². The van der Waals surface area contributed by atoms with Crippen LogP contribution in [0, 0.1) is 0 Å². The Bertz CT molecular complexity index is 676. The van der Waals surface area contributed by atoms with Crippen molar-refractivity contribution in [2.45, 2.75) is 32.3 Å². The van der Waals surface area contributed by atoms with Gasteiger partial charge in [-0.15, -0.1) is 0 Å². The van der Waals surface area contributed by atoms with Gasteiger partial charge < -0.3 is 14.8 Å². The van der Waals surface area contributed by atoms with E-state index in [4.69, 9.17) is 9.47 Å². The van der Waals surface area contributed by atoms with Crippen molar-refractivity contribution < 1.29 is 14.3 Å². The Morgan fingerprint density at radius 3 is 2.71 bits per heavy atom. The normalized spacial score (nSPS) is 16.8. The quantitative estimate of drug-likeness (QED) is 0.871. The molecule has 24 heavy (non-hydrogen) atoms. The van der Waals surface area contributed by atoms with Gasteiger partial charge in [-0.25, -0.2) is 0 Å². The molecule has 3 rings (SSSR count). The molecule has 0 aromatic heterocycles. The van der Waals surface area contributed by atoms with Crippen LogP contribution >= 0.6 is 0 Å². The van der Waals surface area contributed by atoms with Crippen LogP contribution in [0.15, 0.2) is 48.5 Å². The second-order valence-corrected chi connectivity index (χ2v) is 5.95.